The van der Waals surface area contributed by atoms with Gasteiger partial charge >= 0.3 is 5.97 Å². The van der Waals surface area contributed by atoms with Crippen LogP contribution in [0.1, 0.15) is 48.3 Å². The van der Waals surface area contributed by atoms with E-state index in [1.165, 1.54) is 6.26 Å². The largest absolute Gasteiger partial charge is 0.508 e. The number of carbonyl (C=O) groups excluding carboxylic acids is 2. The fourth-order valence-electron chi connectivity index (χ4n) is 2.35. The maximum absolute atomic E-state index is 12.2. The van der Waals surface area contributed by atoms with E-state index in [1.54, 1.807) is 38.1 Å². The van der Waals surface area contributed by atoms with Gasteiger partial charge in [-0.2, -0.15) is 0 Å². The standard InChI is InChI=1S/C18H23N3O5/c1-3-25-16(23)8-11(2)20-17(24)15-10-26-18(21-15)14(19)9-12-4-6-13(22)7-5-12/h4-7,10-11,14,22H,3,8-9,19H2,1-2H3,(H,20,24). The van der Waals surface area contributed by atoms with E-state index in [2.05, 4.69) is 10.3 Å². The Morgan fingerprint density at radius 2 is 2.04 bits per heavy atom. The second-order valence-corrected chi connectivity index (χ2v) is 5.93. The van der Waals surface area contributed by atoms with Crippen molar-refractivity contribution >= 4 is 11.9 Å². The first-order valence-corrected chi connectivity index (χ1v) is 8.34. The van der Waals surface area contributed by atoms with Crippen molar-refractivity contribution in [3.63, 3.8) is 0 Å². The SMILES string of the molecule is CCOC(=O)CC(C)NC(=O)c1coc(C(N)Cc2ccc(O)cc2)n1. The van der Waals surface area contributed by atoms with Gasteiger partial charge in [0.15, 0.2) is 5.69 Å². The number of hydrogen-bond acceptors (Lipinski definition) is 7. The molecule has 2 rings (SSSR count). The second kappa shape index (κ2) is 9.00. The van der Waals surface area contributed by atoms with Crippen molar-refractivity contribution < 1.29 is 23.8 Å². The van der Waals surface area contributed by atoms with E-state index in [4.69, 9.17) is 14.9 Å². The Bertz CT molecular complexity index is 742. The highest BCUT2D eigenvalue weighted by Gasteiger charge is 2.19. The predicted octanol–water partition coefficient (Wildman–Crippen LogP) is 1.69. The van der Waals surface area contributed by atoms with Gasteiger partial charge in [-0.25, -0.2) is 4.98 Å². The molecule has 1 aromatic heterocycles. The van der Waals surface area contributed by atoms with Gasteiger partial charge in [-0.15, -0.1) is 0 Å². The van der Waals surface area contributed by atoms with Crippen molar-refractivity contribution in [2.45, 2.75) is 38.8 Å². The number of carbonyl (C=O) groups is 2. The molecular weight excluding hydrogens is 338 g/mol. The first kappa shape index (κ1) is 19.5. The Hall–Kier alpha value is -2.87. The molecule has 2 unspecified atom stereocenters. The third-order valence-electron chi connectivity index (χ3n) is 3.62. The van der Waals surface area contributed by atoms with Crippen LogP contribution in [0.25, 0.3) is 0 Å². The van der Waals surface area contributed by atoms with Crippen LogP contribution >= 0.6 is 0 Å². The van der Waals surface area contributed by atoms with Crippen molar-refractivity contribution in [3.8, 4) is 5.75 Å². The van der Waals surface area contributed by atoms with Crippen LogP contribution in [-0.4, -0.2) is 34.6 Å². The number of nitrogens with one attached hydrogen (secondary N) is 1. The number of esters is 1. The summed E-state index contributed by atoms with van der Waals surface area (Å²) in [7, 11) is 0. The summed E-state index contributed by atoms with van der Waals surface area (Å²) in [5.74, 6) is -0.415. The van der Waals surface area contributed by atoms with Gasteiger partial charge in [0, 0.05) is 6.04 Å². The number of rotatable bonds is 8. The lowest BCUT2D eigenvalue weighted by Crippen LogP contribution is -2.34. The van der Waals surface area contributed by atoms with Gasteiger partial charge in [-0.3, -0.25) is 9.59 Å². The smallest absolute Gasteiger partial charge is 0.307 e. The molecule has 0 radical (unpaired) electrons. The molecule has 8 nitrogen and oxygen atoms in total. The first-order valence-electron chi connectivity index (χ1n) is 8.34. The summed E-state index contributed by atoms with van der Waals surface area (Å²) in [4.78, 5) is 27.7. The summed E-state index contributed by atoms with van der Waals surface area (Å²) in [6, 6.07) is 5.72. The molecule has 0 saturated heterocycles. The Balaban J connectivity index is 1.92. The zero-order chi connectivity index (χ0) is 19.1. The lowest BCUT2D eigenvalue weighted by Gasteiger charge is -2.11. The highest BCUT2D eigenvalue weighted by atomic mass is 16.5. The van der Waals surface area contributed by atoms with Crippen LogP contribution in [0.5, 0.6) is 5.75 Å². The summed E-state index contributed by atoms with van der Waals surface area (Å²) in [6.07, 6.45) is 1.75. The second-order valence-electron chi connectivity index (χ2n) is 5.93. The van der Waals surface area contributed by atoms with Gasteiger partial charge in [0.2, 0.25) is 5.89 Å². The Morgan fingerprint density at radius 1 is 1.35 bits per heavy atom. The molecule has 0 saturated carbocycles. The molecule has 26 heavy (non-hydrogen) atoms. The van der Waals surface area contributed by atoms with E-state index < -0.39 is 18.0 Å². The van der Waals surface area contributed by atoms with Crippen molar-refractivity contribution in [2.24, 2.45) is 5.73 Å². The van der Waals surface area contributed by atoms with E-state index in [-0.39, 0.29) is 29.7 Å². The fourth-order valence-corrected chi connectivity index (χ4v) is 2.35. The molecule has 4 N–H and O–H groups in total. The fraction of sp³-hybridized carbons (Fsp3) is 0.389. The minimum atomic E-state index is -0.530. The molecule has 0 spiro atoms. The zero-order valence-corrected chi connectivity index (χ0v) is 14.8. The average Bonchev–Trinajstić information content (AvgIpc) is 3.07. The van der Waals surface area contributed by atoms with Crippen molar-refractivity contribution in [1.29, 1.82) is 0 Å². The number of aromatic hydroxyl groups is 1. The summed E-state index contributed by atoms with van der Waals surface area (Å²) in [6.45, 7) is 3.72. The summed E-state index contributed by atoms with van der Waals surface area (Å²) >= 11 is 0. The number of amides is 1. The van der Waals surface area contributed by atoms with Crippen LogP contribution in [0.4, 0.5) is 0 Å². The number of nitrogens with two attached hydrogens (primary N) is 1. The van der Waals surface area contributed by atoms with Crippen LogP contribution in [0.2, 0.25) is 0 Å². The molecule has 1 heterocycles. The molecule has 0 aliphatic heterocycles. The van der Waals surface area contributed by atoms with Crippen LogP contribution in [0.15, 0.2) is 34.9 Å². The lowest BCUT2D eigenvalue weighted by molar-refractivity contribution is -0.143. The molecule has 140 valence electrons. The van der Waals surface area contributed by atoms with E-state index >= 15 is 0 Å². The van der Waals surface area contributed by atoms with Crippen LogP contribution < -0.4 is 11.1 Å². The van der Waals surface area contributed by atoms with Crippen molar-refractivity contribution in [2.75, 3.05) is 6.61 Å². The maximum Gasteiger partial charge on any atom is 0.307 e. The van der Waals surface area contributed by atoms with Gasteiger partial charge in [0.05, 0.1) is 19.1 Å². The minimum Gasteiger partial charge on any atom is -0.508 e. The molecule has 1 aromatic carbocycles. The molecule has 0 fully saturated rings. The third-order valence-corrected chi connectivity index (χ3v) is 3.62. The molecule has 0 aliphatic carbocycles. The zero-order valence-electron chi connectivity index (χ0n) is 14.8. The Labute approximate surface area is 151 Å². The van der Waals surface area contributed by atoms with Crippen molar-refractivity contribution in [1.82, 2.24) is 10.3 Å². The molecule has 2 aromatic rings. The third kappa shape index (κ3) is 5.59. The van der Waals surface area contributed by atoms with Gasteiger partial charge in [-0.05, 0) is 38.0 Å². The predicted molar refractivity (Wildman–Crippen MR) is 93.4 cm³/mol. The topological polar surface area (TPSA) is 128 Å². The monoisotopic (exact) mass is 361 g/mol. The van der Waals surface area contributed by atoms with E-state index in [9.17, 15) is 14.7 Å². The molecule has 8 heteroatoms. The molecule has 2 atom stereocenters. The van der Waals surface area contributed by atoms with Crippen LogP contribution in [0.3, 0.4) is 0 Å². The van der Waals surface area contributed by atoms with E-state index in [1.807, 2.05) is 0 Å². The molecule has 0 aliphatic rings. The maximum atomic E-state index is 12.2. The number of hydrogen-bond donors (Lipinski definition) is 3. The molecular formula is C18H23N3O5. The molecule has 1 amide bonds. The van der Waals surface area contributed by atoms with Crippen LogP contribution in [-0.2, 0) is 16.0 Å². The summed E-state index contributed by atoms with van der Waals surface area (Å²) in [5, 5.41) is 12.0. The van der Waals surface area contributed by atoms with Gasteiger partial charge in [0.25, 0.3) is 5.91 Å². The lowest BCUT2D eigenvalue weighted by atomic mass is 10.1. The first-order chi connectivity index (χ1) is 12.4. The Kier molecular flexibility index (Phi) is 6.74. The number of aromatic nitrogens is 1. The quantitative estimate of drug-likeness (QED) is 0.610. The van der Waals surface area contributed by atoms with E-state index in [0.29, 0.717) is 13.0 Å². The summed E-state index contributed by atoms with van der Waals surface area (Å²) in [5.41, 5.74) is 7.07. The van der Waals surface area contributed by atoms with Gasteiger partial charge in [0.1, 0.15) is 12.0 Å². The van der Waals surface area contributed by atoms with Gasteiger partial charge in [-0.1, -0.05) is 12.1 Å². The van der Waals surface area contributed by atoms with Crippen LogP contribution in [0, 0.1) is 0 Å². The number of nitrogens with zero attached hydrogens (tertiary/aromatic N) is 1. The average molecular weight is 361 g/mol. The number of phenolic OH excluding ortho intramolecular Hbond substituents is 1. The van der Waals surface area contributed by atoms with Gasteiger partial charge < -0.3 is 25.3 Å². The number of benzene rings is 1. The van der Waals surface area contributed by atoms with Crippen molar-refractivity contribution in [3.05, 3.63) is 47.7 Å². The number of ether oxygens (including phenoxy) is 1. The highest BCUT2D eigenvalue weighted by molar-refractivity contribution is 5.92. The number of phenols is 1. The Morgan fingerprint density at radius 3 is 2.69 bits per heavy atom. The number of oxazole rings is 1. The van der Waals surface area contributed by atoms with E-state index in [0.717, 1.165) is 5.56 Å². The summed E-state index contributed by atoms with van der Waals surface area (Å²) < 4.78 is 10.1. The molecule has 0 bridgehead atoms. The normalized spacial score (nSPS) is 13.0. The minimum absolute atomic E-state index is 0.0741. The highest BCUT2D eigenvalue weighted by Crippen LogP contribution is 2.18.